The molecular weight excluding hydrogens is 474 g/mol. The fraction of sp³-hybridized carbons (Fsp3) is 0.267. The molecule has 0 saturated carbocycles. The zero-order chi connectivity index (χ0) is 26.9. The number of rotatable bonds is 8. The van der Waals surface area contributed by atoms with Gasteiger partial charge in [0, 0.05) is 74.7 Å². The Morgan fingerprint density at radius 3 is 2.61 bits per heavy atom. The van der Waals surface area contributed by atoms with Crippen LogP contribution in [0.4, 0.5) is 17.3 Å². The zero-order valence-electron chi connectivity index (χ0n) is 22.1. The first kappa shape index (κ1) is 26.7. The Morgan fingerprint density at radius 2 is 1.89 bits per heavy atom. The molecule has 0 spiro atoms. The molecule has 8 heteroatoms. The molecule has 0 radical (unpaired) electrons. The van der Waals surface area contributed by atoms with E-state index < -0.39 is 0 Å². The Hall–Kier alpha value is -4.32. The lowest BCUT2D eigenvalue weighted by Gasteiger charge is -2.32. The van der Waals surface area contributed by atoms with Crippen LogP contribution in [0.1, 0.15) is 27.2 Å². The summed E-state index contributed by atoms with van der Waals surface area (Å²) in [5.74, 6) is 2.77. The first-order chi connectivity index (χ1) is 18.4. The molecule has 3 aromatic rings. The van der Waals surface area contributed by atoms with E-state index in [0.29, 0.717) is 28.5 Å². The average molecular weight is 508 g/mol. The molecule has 4 rings (SSSR count). The molecule has 0 bridgehead atoms. The lowest BCUT2D eigenvalue weighted by atomic mass is 10.1. The van der Waals surface area contributed by atoms with Crippen molar-refractivity contribution < 1.29 is 4.79 Å². The van der Waals surface area contributed by atoms with Crippen LogP contribution in [0.2, 0.25) is 0 Å². The molecule has 2 aromatic carbocycles. The number of carbonyl (C=O) groups is 1. The Kier molecular flexibility index (Phi) is 8.98. The van der Waals surface area contributed by atoms with E-state index in [1.54, 1.807) is 31.6 Å². The van der Waals surface area contributed by atoms with E-state index in [-0.39, 0.29) is 5.91 Å². The van der Waals surface area contributed by atoms with Gasteiger partial charge >= 0.3 is 0 Å². The van der Waals surface area contributed by atoms with Gasteiger partial charge in [0.1, 0.15) is 0 Å². The Morgan fingerprint density at radius 1 is 1.13 bits per heavy atom. The number of aryl methyl sites for hydroxylation is 1. The van der Waals surface area contributed by atoms with Crippen LogP contribution < -0.4 is 10.6 Å². The van der Waals surface area contributed by atoms with Gasteiger partial charge in [-0.15, -0.1) is 6.42 Å². The average Bonchev–Trinajstić information content (AvgIpc) is 2.92. The highest BCUT2D eigenvalue weighted by Gasteiger charge is 2.14. The smallest absolute Gasteiger partial charge is 0.255 e. The van der Waals surface area contributed by atoms with Gasteiger partial charge in [-0.1, -0.05) is 24.1 Å². The maximum atomic E-state index is 12.9. The van der Waals surface area contributed by atoms with Gasteiger partial charge in [0.25, 0.3) is 5.91 Å². The van der Waals surface area contributed by atoms with Gasteiger partial charge < -0.3 is 15.5 Å². The van der Waals surface area contributed by atoms with Gasteiger partial charge in [0.15, 0.2) is 0 Å². The second kappa shape index (κ2) is 12.8. The second-order valence-electron chi connectivity index (χ2n) is 9.30. The zero-order valence-corrected chi connectivity index (χ0v) is 22.1. The number of aromatic nitrogens is 2. The maximum Gasteiger partial charge on any atom is 0.255 e. The Labute approximate surface area is 224 Å². The second-order valence-corrected chi connectivity index (χ2v) is 9.30. The van der Waals surface area contributed by atoms with Crippen molar-refractivity contribution >= 4 is 35.0 Å². The molecule has 194 valence electrons. The van der Waals surface area contributed by atoms with Crippen molar-refractivity contribution in [2.75, 3.05) is 50.9 Å². The van der Waals surface area contributed by atoms with Crippen molar-refractivity contribution in [3.05, 3.63) is 83.2 Å². The third kappa shape index (κ3) is 7.13. The summed E-state index contributed by atoms with van der Waals surface area (Å²) in [5.41, 5.74) is 5.64. The number of benzene rings is 2. The third-order valence-corrected chi connectivity index (χ3v) is 6.42. The molecule has 2 N–H and O–H groups in total. The summed E-state index contributed by atoms with van der Waals surface area (Å²) in [6.45, 7) is 7.18. The summed E-state index contributed by atoms with van der Waals surface area (Å²) in [7, 11) is 3.83. The van der Waals surface area contributed by atoms with E-state index in [1.807, 2.05) is 49.4 Å². The van der Waals surface area contributed by atoms with Crippen LogP contribution in [0.3, 0.4) is 0 Å². The van der Waals surface area contributed by atoms with Gasteiger partial charge in [-0.3, -0.25) is 14.7 Å². The molecular formula is C30H33N7O. The van der Waals surface area contributed by atoms with E-state index in [4.69, 9.17) is 6.42 Å². The number of carbonyl (C=O) groups excluding carboxylic acids is 1. The van der Waals surface area contributed by atoms with Crippen molar-refractivity contribution in [3.8, 4) is 12.3 Å². The highest BCUT2D eigenvalue weighted by Crippen LogP contribution is 2.24. The minimum absolute atomic E-state index is 0.160. The van der Waals surface area contributed by atoms with Crippen LogP contribution in [0.5, 0.6) is 0 Å². The molecule has 1 amide bonds. The Balaban J connectivity index is 1.42. The van der Waals surface area contributed by atoms with Gasteiger partial charge in [0.2, 0.25) is 5.95 Å². The molecule has 1 saturated heterocycles. The van der Waals surface area contributed by atoms with E-state index >= 15 is 0 Å². The summed E-state index contributed by atoms with van der Waals surface area (Å²) in [5, 5.41) is 6.25. The van der Waals surface area contributed by atoms with E-state index in [9.17, 15) is 4.79 Å². The third-order valence-electron chi connectivity index (χ3n) is 6.42. The minimum atomic E-state index is -0.160. The molecule has 2 heterocycles. The maximum absolute atomic E-state index is 12.9. The van der Waals surface area contributed by atoms with E-state index in [1.165, 1.54) is 5.56 Å². The fourth-order valence-corrected chi connectivity index (χ4v) is 4.17. The number of nitrogens with zero attached hydrogens (tertiary/aromatic N) is 5. The molecule has 0 atom stereocenters. The van der Waals surface area contributed by atoms with Crippen LogP contribution in [-0.4, -0.2) is 72.2 Å². The number of hydrogen-bond acceptors (Lipinski definition) is 7. The monoisotopic (exact) mass is 507 g/mol. The topological polar surface area (TPSA) is 85.7 Å². The van der Waals surface area contributed by atoms with Gasteiger partial charge in [-0.25, -0.2) is 9.97 Å². The number of aliphatic imine (C=N–C) groups is 1. The van der Waals surface area contributed by atoms with Crippen LogP contribution in [0, 0.1) is 19.3 Å². The number of nitrogens with one attached hydrogen (secondary N) is 2. The number of hydrogen-bond donors (Lipinski definition) is 2. The summed E-state index contributed by atoms with van der Waals surface area (Å²) < 4.78 is 0. The van der Waals surface area contributed by atoms with Crippen molar-refractivity contribution in [1.82, 2.24) is 19.8 Å². The predicted octanol–water partition coefficient (Wildman–Crippen LogP) is 4.25. The molecule has 1 fully saturated rings. The molecule has 1 aliphatic rings. The first-order valence-corrected chi connectivity index (χ1v) is 12.6. The van der Waals surface area contributed by atoms with Crippen LogP contribution in [0.15, 0.2) is 65.8 Å². The number of allylic oxidation sites excluding steroid dienone is 2. The molecule has 8 nitrogen and oxygen atoms in total. The quantitative estimate of drug-likeness (QED) is 0.350. The first-order valence-electron chi connectivity index (χ1n) is 12.6. The molecule has 1 aromatic heterocycles. The minimum Gasteiger partial charge on any atom is -0.324 e. The fourth-order valence-electron chi connectivity index (χ4n) is 4.17. The highest BCUT2D eigenvalue weighted by atomic mass is 16.1. The van der Waals surface area contributed by atoms with E-state index in [0.717, 1.165) is 44.0 Å². The summed E-state index contributed by atoms with van der Waals surface area (Å²) in [6.07, 6.45) is 10.4. The summed E-state index contributed by atoms with van der Waals surface area (Å²) >= 11 is 0. The van der Waals surface area contributed by atoms with Crippen molar-refractivity contribution in [2.24, 2.45) is 4.99 Å². The Bertz CT molecular complexity index is 1360. The van der Waals surface area contributed by atoms with Gasteiger partial charge in [-0.05, 0) is 61.5 Å². The predicted molar refractivity (Wildman–Crippen MR) is 155 cm³/mol. The molecule has 38 heavy (non-hydrogen) atoms. The molecule has 0 aliphatic carbocycles. The van der Waals surface area contributed by atoms with Gasteiger partial charge in [0.05, 0.1) is 5.69 Å². The highest BCUT2D eigenvalue weighted by molar-refractivity contribution is 6.09. The lowest BCUT2D eigenvalue weighted by molar-refractivity contribution is 0.102. The molecule has 0 unspecified atom stereocenters. The van der Waals surface area contributed by atoms with Crippen molar-refractivity contribution in [1.29, 1.82) is 0 Å². The summed E-state index contributed by atoms with van der Waals surface area (Å²) in [6, 6.07) is 15.3. The van der Waals surface area contributed by atoms with Crippen LogP contribution in [0.25, 0.3) is 5.57 Å². The number of amides is 1. The number of piperazine rings is 1. The SMILES string of the molecule is C#C/C=C(\C=NC)c1ccnc(Nc2cc(NC(=O)c3ccc(CN4CCN(C)CC4)cc3)ccc2C)n1. The van der Waals surface area contributed by atoms with Gasteiger partial charge in [-0.2, -0.15) is 0 Å². The number of terminal acetylenes is 1. The van der Waals surface area contributed by atoms with Crippen molar-refractivity contribution in [3.63, 3.8) is 0 Å². The van der Waals surface area contributed by atoms with Crippen molar-refractivity contribution in [2.45, 2.75) is 13.5 Å². The normalized spacial score (nSPS) is 14.8. The number of anilines is 3. The number of likely N-dealkylation sites (N-methyl/N-ethyl adjacent to an activating group) is 1. The van der Waals surface area contributed by atoms with E-state index in [2.05, 4.69) is 48.4 Å². The largest absolute Gasteiger partial charge is 0.324 e. The summed E-state index contributed by atoms with van der Waals surface area (Å²) in [4.78, 5) is 30.7. The lowest BCUT2D eigenvalue weighted by Crippen LogP contribution is -2.43. The van der Waals surface area contributed by atoms with Crippen LogP contribution >= 0.6 is 0 Å². The standard InChI is InChI=1S/C30H33N7O/c1-5-6-25(20-31-3)27-13-14-32-30(34-27)35-28-19-26(12-7-22(28)2)33-29(38)24-10-8-23(9-11-24)21-37-17-15-36(4)16-18-37/h1,6-14,19-20H,15-18,21H2,2-4H3,(H,33,38)(H,32,34,35)/b25-6+,31-20?. The van der Waals surface area contributed by atoms with Crippen LogP contribution in [-0.2, 0) is 6.54 Å². The molecule has 1 aliphatic heterocycles.